The number of anilines is 1. The van der Waals surface area contributed by atoms with E-state index in [1.807, 2.05) is 47.4 Å². The zero-order chi connectivity index (χ0) is 21.0. The Morgan fingerprint density at radius 2 is 1.80 bits per heavy atom. The molecule has 1 aliphatic heterocycles. The third-order valence-corrected chi connectivity index (χ3v) is 4.92. The molecule has 3 N–H and O–H groups in total. The van der Waals surface area contributed by atoms with Crippen LogP contribution in [0.4, 0.5) is 10.5 Å². The number of hydrogen-bond donors (Lipinski definition) is 3. The second kappa shape index (κ2) is 11.8. The van der Waals surface area contributed by atoms with Crippen LogP contribution < -0.4 is 20.9 Å². The summed E-state index contributed by atoms with van der Waals surface area (Å²) >= 11 is 0. The molecule has 0 bridgehead atoms. The largest absolute Gasteiger partial charge is 0.381 e. The van der Waals surface area contributed by atoms with Gasteiger partial charge in [0.15, 0.2) is 0 Å². The van der Waals surface area contributed by atoms with Gasteiger partial charge in [-0.25, -0.2) is 4.79 Å². The van der Waals surface area contributed by atoms with Crippen molar-refractivity contribution in [1.82, 2.24) is 16.0 Å². The van der Waals surface area contributed by atoms with Crippen molar-refractivity contribution < 1.29 is 14.3 Å². The van der Waals surface area contributed by atoms with Gasteiger partial charge < -0.3 is 25.6 Å². The van der Waals surface area contributed by atoms with Crippen molar-refractivity contribution in [3.63, 3.8) is 0 Å². The number of benzene rings is 2. The molecule has 7 heteroatoms. The van der Waals surface area contributed by atoms with Gasteiger partial charge in [0.2, 0.25) is 5.91 Å². The monoisotopic (exact) mass is 410 g/mol. The van der Waals surface area contributed by atoms with Crippen LogP contribution >= 0.6 is 0 Å². The summed E-state index contributed by atoms with van der Waals surface area (Å²) in [6.07, 6.45) is 1.68. The second-order valence-corrected chi connectivity index (χ2v) is 7.25. The molecular formula is C23H30N4O3. The van der Waals surface area contributed by atoms with E-state index in [0.717, 1.165) is 30.6 Å². The van der Waals surface area contributed by atoms with Gasteiger partial charge in [-0.1, -0.05) is 42.5 Å². The number of nitrogens with zero attached hydrogens (tertiary/aromatic N) is 1. The van der Waals surface area contributed by atoms with Crippen molar-refractivity contribution in [2.45, 2.75) is 19.4 Å². The van der Waals surface area contributed by atoms with Gasteiger partial charge in [-0.2, -0.15) is 0 Å². The normalized spacial score (nSPS) is 13.6. The van der Waals surface area contributed by atoms with Crippen LogP contribution in [0.25, 0.3) is 0 Å². The van der Waals surface area contributed by atoms with Crippen LogP contribution in [0.3, 0.4) is 0 Å². The molecule has 0 aromatic heterocycles. The lowest BCUT2D eigenvalue weighted by molar-refractivity contribution is -0.120. The number of urea groups is 1. The van der Waals surface area contributed by atoms with Crippen LogP contribution in [-0.4, -0.2) is 51.3 Å². The molecule has 0 unspecified atom stereocenters. The third-order valence-electron chi connectivity index (χ3n) is 4.92. The smallest absolute Gasteiger partial charge is 0.315 e. The fourth-order valence-electron chi connectivity index (χ4n) is 3.24. The highest BCUT2D eigenvalue weighted by atomic mass is 16.5. The van der Waals surface area contributed by atoms with Crippen molar-refractivity contribution in [3.8, 4) is 0 Å². The van der Waals surface area contributed by atoms with Gasteiger partial charge >= 0.3 is 6.03 Å². The third kappa shape index (κ3) is 7.40. The average molecular weight is 411 g/mol. The highest BCUT2D eigenvalue weighted by molar-refractivity contribution is 5.82. The molecule has 7 nitrogen and oxygen atoms in total. The summed E-state index contributed by atoms with van der Waals surface area (Å²) in [6.45, 7) is 4.21. The number of rotatable bonds is 10. The van der Waals surface area contributed by atoms with E-state index < -0.39 is 0 Å². The number of nitrogens with one attached hydrogen (secondary N) is 3. The van der Waals surface area contributed by atoms with Crippen LogP contribution in [0.15, 0.2) is 54.6 Å². The van der Waals surface area contributed by atoms with Gasteiger partial charge in [0.25, 0.3) is 0 Å². The molecule has 0 saturated carbocycles. The van der Waals surface area contributed by atoms with E-state index in [0.29, 0.717) is 39.4 Å². The zero-order valence-corrected chi connectivity index (χ0v) is 17.2. The maximum absolute atomic E-state index is 11.9. The van der Waals surface area contributed by atoms with Crippen molar-refractivity contribution >= 4 is 17.6 Å². The summed E-state index contributed by atoms with van der Waals surface area (Å²) in [7, 11) is 0. The standard InChI is InChI=1S/C23H30N4O3/c28-22-18-27(14-13-24-22)21-9-7-20(8-10-21)17-26-23(29)25-12-4-15-30-16-11-19-5-2-1-3-6-19/h1-3,5-10H,4,11-18H2,(H,24,28)(H2,25,26,29). The topological polar surface area (TPSA) is 82.7 Å². The minimum atomic E-state index is -0.184. The fraction of sp³-hybridized carbons (Fsp3) is 0.391. The average Bonchev–Trinajstić information content (AvgIpc) is 2.78. The minimum absolute atomic E-state index is 0.0465. The first kappa shape index (κ1) is 21.6. The zero-order valence-electron chi connectivity index (χ0n) is 17.2. The molecular weight excluding hydrogens is 380 g/mol. The molecule has 1 saturated heterocycles. The van der Waals surface area contributed by atoms with Gasteiger partial charge in [-0.15, -0.1) is 0 Å². The molecule has 2 aromatic carbocycles. The Kier molecular flexibility index (Phi) is 8.53. The van der Waals surface area contributed by atoms with E-state index in [1.54, 1.807) is 0 Å². The van der Waals surface area contributed by atoms with Crippen LogP contribution in [0.1, 0.15) is 17.5 Å². The van der Waals surface area contributed by atoms with E-state index >= 15 is 0 Å². The molecule has 3 rings (SSSR count). The van der Waals surface area contributed by atoms with Crippen molar-refractivity contribution in [3.05, 3.63) is 65.7 Å². The Hall–Kier alpha value is -3.06. The Balaban J connectivity index is 1.24. The quantitative estimate of drug-likeness (QED) is 0.524. The van der Waals surface area contributed by atoms with E-state index in [1.165, 1.54) is 5.56 Å². The van der Waals surface area contributed by atoms with E-state index in [4.69, 9.17) is 4.74 Å². The van der Waals surface area contributed by atoms with Crippen molar-refractivity contribution in [2.24, 2.45) is 0 Å². The molecule has 1 heterocycles. The van der Waals surface area contributed by atoms with Crippen molar-refractivity contribution in [2.75, 3.05) is 44.3 Å². The van der Waals surface area contributed by atoms with Crippen LogP contribution in [0.2, 0.25) is 0 Å². The van der Waals surface area contributed by atoms with Gasteiger partial charge in [0, 0.05) is 38.5 Å². The molecule has 0 radical (unpaired) electrons. The minimum Gasteiger partial charge on any atom is -0.381 e. The summed E-state index contributed by atoms with van der Waals surface area (Å²) in [6, 6.07) is 18.0. The van der Waals surface area contributed by atoms with E-state index in [9.17, 15) is 9.59 Å². The van der Waals surface area contributed by atoms with E-state index in [-0.39, 0.29) is 11.9 Å². The molecule has 0 spiro atoms. The summed E-state index contributed by atoms with van der Waals surface area (Å²) < 4.78 is 5.62. The number of piperazine rings is 1. The molecule has 1 fully saturated rings. The summed E-state index contributed by atoms with van der Waals surface area (Å²) in [5.41, 5.74) is 3.30. The van der Waals surface area contributed by atoms with Gasteiger partial charge in [-0.3, -0.25) is 4.79 Å². The first-order valence-corrected chi connectivity index (χ1v) is 10.4. The maximum atomic E-state index is 11.9. The molecule has 0 atom stereocenters. The SMILES string of the molecule is O=C1CN(c2ccc(CNC(=O)NCCCOCCc3ccccc3)cc2)CCN1. The second-order valence-electron chi connectivity index (χ2n) is 7.25. The fourth-order valence-corrected chi connectivity index (χ4v) is 3.24. The van der Waals surface area contributed by atoms with Crippen LogP contribution in [0, 0.1) is 0 Å². The summed E-state index contributed by atoms with van der Waals surface area (Å²) in [5.74, 6) is 0.0465. The summed E-state index contributed by atoms with van der Waals surface area (Å²) in [5, 5.41) is 8.53. The molecule has 3 amide bonds. The lowest BCUT2D eigenvalue weighted by Gasteiger charge is -2.28. The van der Waals surface area contributed by atoms with Crippen LogP contribution in [0.5, 0.6) is 0 Å². The Morgan fingerprint density at radius 3 is 2.57 bits per heavy atom. The predicted molar refractivity (Wildman–Crippen MR) is 117 cm³/mol. The first-order valence-electron chi connectivity index (χ1n) is 10.4. The maximum Gasteiger partial charge on any atom is 0.315 e. The van der Waals surface area contributed by atoms with Crippen LogP contribution in [-0.2, 0) is 22.5 Å². The molecule has 0 aliphatic carbocycles. The number of hydrogen-bond acceptors (Lipinski definition) is 4. The van der Waals surface area contributed by atoms with Gasteiger partial charge in [-0.05, 0) is 36.1 Å². The number of carbonyl (C=O) groups excluding carboxylic acids is 2. The predicted octanol–water partition coefficient (Wildman–Crippen LogP) is 2.07. The molecule has 2 aromatic rings. The van der Waals surface area contributed by atoms with Gasteiger partial charge in [0.1, 0.15) is 0 Å². The lowest BCUT2D eigenvalue weighted by Crippen LogP contribution is -2.47. The molecule has 1 aliphatic rings. The summed E-state index contributed by atoms with van der Waals surface area (Å²) in [4.78, 5) is 25.5. The molecule has 30 heavy (non-hydrogen) atoms. The Bertz CT molecular complexity index is 796. The molecule has 160 valence electrons. The Labute approximate surface area is 177 Å². The number of ether oxygens (including phenoxy) is 1. The highest BCUT2D eigenvalue weighted by Crippen LogP contribution is 2.16. The highest BCUT2D eigenvalue weighted by Gasteiger charge is 2.16. The van der Waals surface area contributed by atoms with Crippen molar-refractivity contribution in [1.29, 1.82) is 0 Å². The van der Waals surface area contributed by atoms with E-state index in [2.05, 4.69) is 28.1 Å². The Morgan fingerprint density at radius 1 is 1.00 bits per heavy atom. The van der Waals surface area contributed by atoms with Gasteiger partial charge in [0.05, 0.1) is 13.2 Å². The lowest BCUT2D eigenvalue weighted by atomic mass is 10.2. The number of amides is 3. The number of carbonyl (C=O) groups is 2. The first-order chi connectivity index (χ1) is 14.7.